The van der Waals surface area contributed by atoms with Crippen LogP contribution in [0.4, 0.5) is 0 Å². The summed E-state index contributed by atoms with van der Waals surface area (Å²) in [4.78, 5) is 15.0. The van der Waals surface area contributed by atoms with E-state index in [-0.39, 0.29) is 5.97 Å². The zero-order valence-corrected chi connectivity index (χ0v) is 12.8. The van der Waals surface area contributed by atoms with Crippen LogP contribution in [0.2, 0.25) is 0 Å². The molecular formula is C16H26N2O2. The van der Waals surface area contributed by atoms with E-state index in [9.17, 15) is 4.79 Å². The van der Waals surface area contributed by atoms with Crippen molar-refractivity contribution in [3.63, 3.8) is 0 Å². The van der Waals surface area contributed by atoms with Gasteiger partial charge in [-0.2, -0.15) is 0 Å². The molecule has 1 fully saturated rings. The molecule has 4 heteroatoms. The fourth-order valence-corrected chi connectivity index (χ4v) is 2.82. The Balaban J connectivity index is 2.25. The predicted molar refractivity (Wildman–Crippen MR) is 80.0 cm³/mol. The minimum atomic E-state index is -0.670. The summed E-state index contributed by atoms with van der Waals surface area (Å²) >= 11 is 0. The number of rotatable bonds is 2. The molecule has 0 aromatic carbocycles. The van der Waals surface area contributed by atoms with Gasteiger partial charge in [0, 0.05) is 12.1 Å². The quantitative estimate of drug-likeness (QED) is 0.788. The summed E-state index contributed by atoms with van der Waals surface area (Å²) in [7, 11) is 0. The fraction of sp³-hybridized carbons (Fsp3) is 0.688. The first-order valence-corrected chi connectivity index (χ1v) is 7.47. The molecular weight excluding hydrogens is 252 g/mol. The summed E-state index contributed by atoms with van der Waals surface area (Å²) in [5.74, 6) is -0.160. The van der Waals surface area contributed by atoms with E-state index in [4.69, 9.17) is 10.5 Å². The Hall–Kier alpha value is -1.29. The molecule has 1 aliphatic carbocycles. The highest BCUT2D eigenvalue weighted by molar-refractivity contribution is 5.84. The van der Waals surface area contributed by atoms with E-state index in [0.29, 0.717) is 6.42 Å². The number of esters is 1. The molecule has 2 N–H and O–H groups in total. The Kier molecular flexibility index (Phi) is 4.23. The van der Waals surface area contributed by atoms with Gasteiger partial charge in [-0.15, -0.1) is 0 Å². The van der Waals surface area contributed by atoms with Crippen molar-refractivity contribution < 1.29 is 9.53 Å². The van der Waals surface area contributed by atoms with Gasteiger partial charge in [-0.1, -0.05) is 18.6 Å². The predicted octanol–water partition coefficient (Wildman–Crippen LogP) is 2.36. The molecule has 112 valence electrons. The number of nitrogens with two attached hydrogens (primary N) is 1. The van der Waals surface area contributed by atoms with Gasteiger partial charge >= 0.3 is 5.97 Å². The molecule has 1 atom stereocenters. The minimum Gasteiger partial charge on any atom is -0.458 e. The first-order valence-electron chi connectivity index (χ1n) is 7.47. The molecule has 0 spiro atoms. The van der Waals surface area contributed by atoms with Crippen LogP contribution in [0.15, 0.2) is 23.9 Å². The van der Waals surface area contributed by atoms with Gasteiger partial charge in [-0.05, 0) is 52.8 Å². The van der Waals surface area contributed by atoms with E-state index in [2.05, 4.69) is 4.90 Å². The highest BCUT2D eigenvalue weighted by atomic mass is 16.6. The minimum absolute atomic E-state index is 0.160. The molecule has 0 saturated carbocycles. The molecule has 2 rings (SSSR count). The molecule has 1 saturated heterocycles. The van der Waals surface area contributed by atoms with Gasteiger partial charge in [0.05, 0.1) is 0 Å². The molecule has 20 heavy (non-hydrogen) atoms. The van der Waals surface area contributed by atoms with Crippen molar-refractivity contribution >= 4 is 5.97 Å². The third-order valence-electron chi connectivity index (χ3n) is 3.87. The number of carbonyl (C=O) groups is 1. The van der Waals surface area contributed by atoms with Gasteiger partial charge in [-0.3, -0.25) is 4.90 Å². The molecule has 0 amide bonds. The number of piperidine rings is 1. The molecule has 0 bridgehead atoms. The first-order chi connectivity index (χ1) is 9.33. The fourth-order valence-electron chi connectivity index (χ4n) is 2.82. The lowest BCUT2D eigenvalue weighted by Crippen LogP contribution is -2.57. The van der Waals surface area contributed by atoms with E-state index in [1.54, 1.807) is 0 Å². The van der Waals surface area contributed by atoms with Gasteiger partial charge in [-0.25, -0.2) is 4.79 Å². The Bertz CT molecular complexity index is 428. The second-order valence-corrected chi connectivity index (χ2v) is 6.72. The smallest absolute Gasteiger partial charge is 0.331 e. The normalized spacial score (nSPS) is 28.1. The number of likely N-dealkylation sites (tertiary alicyclic amines) is 1. The highest BCUT2D eigenvalue weighted by Gasteiger charge is 2.45. The second-order valence-electron chi connectivity index (χ2n) is 6.72. The van der Waals surface area contributed by atoms with E-state index >= 15 is 0 Å². The molecule has 0 aromatic rings. The molecule has 4 nitrogen and oxygen atoms in total. The molecule has 0 radical (unpaired) electrons. The summed E-state index contributed by atoms with van der Waals surface area (Å²) in [6, 6.07) is 0. The van der Waals surface area contributed by atoms with Crippen LogP contribution in [0.5, 0.6) is 0 Å². The zero-order chi connectivity index (χ0) is 14.8. The second kappa shape index (κ2) is 5.60. The van der Waals surface area contributed by atoms with Crippen LogP contribution in [0, 0.1) is 0 Å². The van der Waals surface area contributed by atoms with Crippen LogP contribution in [-0.2, 0) is 9.53 Å². The van der Waals surface area contributed by atoms with Gasteiger partial charge < -0.3 is 10.5 Å². The Morgan fingerprint density at radius 3 is 2.45 bits per heavy atom. The summed E-state index contributed by atoms with van der Waals surface area (Å²) in [5, 5.41) is 0. The maximum Gasteiger partial charge on any atom is 0.331 e. The molecule has 1 heterocycles. The lowest BCUT2D eigenvalue weighted by Gasteiger charge is -2.43. The van der Waals surface area contributed by atoms with Gasteiger partial charge in [0.25, 0.3) is 0 Å². The van der Waals surface area contributed by atoms with Crippen molar-refractivity contribution in [3.05, 3.63) is 23.9 Å². The van der Waals surface area contributed by atoms with Crippen molar-refractivity contribution in [1.82, 2.24) is 4.90 Å². The summed E-state index contributed by atoms with van der Waals surface area (Å²) in [5.41, 5.74) is 5.40. The third kappa shape index (κ3) is 3.23. The number of nitrogens with zero attached hydrogens (tertiary/aromatic N) is 1. The Morgan fingerprint density at radius 2 is 1.95 bits per heavy atom. The van der Waals surface area contributed by atoms with Crippen molar-refractivity contribution in [3.8, 4) is 0 Å². The van der Waals surface area contributed by atoms with Crippen LogP contribution in [0.25, 0.3) is 0 Å². The number of ether oxygens (including phenoxy) is 1. The van der Waals surface area contributed by atoms with Crippen LogP contribution in [-0.4, -0.2) is 35.1 Å². The zero-order valence-electron chi connectivity index (χ0n) is 12.8. The molecule has 1 unspecified atom stereocenters. The lowest BCUT2D eigenvalue weighted by molar-refractivity contribution is -0.167. The number of hydrogen-bond acceptors (Lipinski definition) is 4. The van der Waals surface area contributed by atoms with Crippen LogP contribution in [0.1, 0.15) is 46.5 Å². The monoisotopic (exact) mass is 278 g/mol. The van der Waals surface area contributed by atoms with E-state index in [0.717, 1.165) is 31.6 Å². The van der Waals surface area contributed by atoms with Gasteiger partial charge in [0.2, 0.25) is 0 Å². The molecule has 0 aromatic heterocycles. The van der Waals surface area contributed by atoms with Crippen molar-refractivity contribution in [2.24, 2.45) is 5.73 Å². The van der Waals surface area contributed by atoms with Gasteiger partial charge in [0.15, 0.2) is 0 Å². The number of allylic oxidation sites excluding steroid dienone is 1. The van der Waals surface area contributed by atoms with E-state index in [1.165, 1.54) is 6.42 Å². The standard InChI is InChI=1S/C16H26N2O2/c1-15(2,3)20-14(19)16(9-7-13(17)8-10-16)18-11-5-4-6-12-18/h7-9H,4-6,10-12,17H2,1-3H3. The highest BCUT2D eigenvalue weighted by Crippen LogP contribution is 2.32. The molecule has 1 aliphatic heterocycles. The SMILES string of the molecule is CC(C)(C)OC(=O)C1(N2CCCCC2)C=CC(N)=CC1. The topological polar surface area (TPSA) is 55.6 Å². The number of hydrogen-bond donors (Lipinski definition) is 1. The average Bonchev–Trinajstić information content (AvgIpc) is 2.39. The first kappa shape index (κ1) is 15.1. The maximum atomic E-state index is 12.8. The van der Waals surface area contributed by atoms with E-state index < -0.39 is 11.1 Å². The largest absolute Gasteiger partial charge is 0.458 e. The summed E-state index contributed by atoms with van der Waals surface area (Å²) in [6.45, 7) is 7.61. The lowest BCUT2D eigenvalue weighted by atomic mass is 9.86. The van der Waals surface area contributed by atoms with Crippen molar-refractivity contribution in [1.29, 1.82) is 0 Å². The third-order valence-corrected chi connectivity index (χ3v) is 3.87. The maximum absolute atomic E-state index is 12.8. The Morgan fingerprint density at radius 1 is 1.30 bits per heavy atom. The molecule has 2 aliphatic rings. The summed E-state index contributed by atoms with van der Waals surface area (Å²) < 4.78 is 5.67. The average molecular weight is 278 g/mol. The van der Waals surface area contributed by atoms with E-state index in [1.807, 2.05) is 39.0 Å². The van der Waals surface area contributed by atoms with Crippen LogP contribution < -0.4 is 5.73 Å². The van der Waals surface area contributed by atoms with Gasteiger partial charge in [0.1, 0.15) is 11.1 Å². The van der Waals surface area contributed by atoms with Crippen molar-refractivity contribution in [2.75, 3.05) is 13.1 Å². The van der Waals surface area contributed by atoms with Crippen molar-refractivity contribution in [2.45, 2.75) is 57.6 Å². The number of carbonyl (C=O) groups excluding carboxylic acids is 1. The summed E-state index contributed by atoms with van der Waals surface area (Å²) in [6.07, 6.45) is 9.81. The van der Waals surface area contributed by atoms with Crippen LogP contribution >= 0.6 is 0 Å². The van der Waals surface area contributed by atoms with Crippen LogP contribution in [0.3, 0.4) is 0 Å². The Labute approximate surface area is 121 Å².